The SMILES string of the molecule is C[NH+](C)CCNC(=S)Nc1ccc2c(c1)OCO2. The Labute approximate surface area is 112 Å². The van der Waals surface area contributed by atoms with Crippen LogP contribution < -0.4 is 25.0 Å². The van der Waals surface area contributed by atoms with Crippen LogP contribution in [-0.2, 0) is 0 Å². The lowest BCUT2D eigenvalue weighted by Crippen LogP contribution is -3.06. The van der Waals surface area contributed by atoms with Gasteiger partial charge in [-0.05, 0) is 24.4 Å². The third kappa shape index (κ3) is 3.48. The molecule has 1 aromatic rings. The highest BCUT2D eigenvalue weighted by atomic mass is 32.1. The summed E-state index contributed by atoms with van der Waals surface area (Å²) < 4.78 is 10.6. The van der Waals surface area contributed by atoms with Crippen LogP contribution in [0.4, 0.5) is 5.69 Å². The maximum atomic E-state index is 5.30. The minimum atomic E-state index is 0.285. The van der Waals surface area contributed by atoms with Gasteiger partial charge in [0.05, 0.1) is 27.2 Å². The van der Waals surface area contributed by atoms with Gasteiger partial charge in [0.25, 0.3) is 0 Å². The van der Waals surface area contributed by atoms with Crippen LogP contribution in [0.15, 0.2) is 18.2 Å². The summed E-state index contributed by atoms with van der Waals surface area (Å²) in [5.74, 6) is 1.52. The molecule has 1 aromatic carbocycles. The third-order valence-electron chi connectivity index (χ3n) is 2.54. The van der Waals surface area contributed by atoms with E-state index in [9.17, 15) is 0 Å². The normalized spacial score (nSPS) is 12.6. The van der Waals surface area contributed by atoms with Gasteiger partial charge in [-0.1, -0.05) is 0 Å². The lowest BCUT2D eigenvalue weighted by Gasteiger charge is -2.12. The second kappa shape index (κ2) is 5.88. The fraction of sp³-hybridized carbons (Fsp3) is 0.417. The van der Waals surface area contributed by atoms with Gasteiger partial charge < -0.3 is 25.0 Å². The van der Waals surface area contributed by atoms with Crippen molar-refractivity contribution in [2.24, 2.45) is 0 Å². The summed E-state index contributed by atoms with van der Waals surface area (Å²) in [7, 11) is 4.21. The molecule has 18 heavy (non-hydrogen) atoms. The summed E-state index contributed by atoms with van der Waals surface area (Å²) in [5.41, 5.74) is 0.897. The van der Waals surface area contributed by atoms with Crippen LogP contribution in [0.3, 0.4) is 0 Å². The lowest BCUT2D eigenvalue weighted by molar-refractivity contribution is -0.856. The van der Waals surface area contributed by atoms with Gasteiger partial charge in [-0.25, -0.2) is 0 Å². The Bertz CT molecular complexity index is 437. The summed E-state index contributed by atoms with van der Waals surface area (Å²) in [6.07, 6.45) is 0. The van der Waals surface area contributed by atoms with Crippen LogP contribution in [0.5, 0.6) is 11.5 Å². The quantitative estimate of drug-likeness (QED) is 0.663. The zero-order chi connectivity index (χ0) is 13.0. The molecule has 3 N–H and O–H groups in total. The summed E-state index contributed by atoms with van der Waals surface area (Å²) >= 11 is 5.21. The minimum Gasteiger partial charge on any atom is -0.454 e. The van der Waals surface area contributed by atoms with E-state index in [4.69, 9.17) is 21.7 Å². The van der Waals surface area contributed by atoms with Crippen LogP contribution in [0.2, 0.25) is 0 Å². The molecule has 1 aliphatic rings. The number of hydrogen-bond acceptors (Lipinski definition) is 3. The molecule has 0 aliphatic carbocycles. The molecule has 1 heterocycles. The maximum absolute atomic E-state index is 5.30. The van der Waals surface area contributed by atoms with Gasteiger partial charge >= 0.3 is 0 Å². The Morgan fingerprint density at radius 3 is 2.89 bits per heavy atom. The molecule has 0 saturated heterocycles. The van der Waals surface area contributed by atoms with E-state index in [0.717, 1.165) is 30.3 Å². The van der Waals surface area contributed by atoms with Crippen LogP contribution in [0.1, 0.15) is 0 Å². The average molecular weight is 268 g/mol. The molecule has 6 heteroatoms. The molecule has 0 spiro atoms. The molecule has 0 saturated carbocycles. The molecule has 0 radical (unpaired) electrons. The highest BCUT2D eigenvalue weighted by Crippen LogP contribution is 2.34. The van der Waals surface area contributed by atoms with Crippen LogP contribution in [0.25, 0.3) is 0 Å². The van der Waals surface area contributed by atoms with Crippen molar-refractivity contribution < 1.29 is 14.4 Å². The highest BCUT2D eigenvalue weighted by Gasteiger charge is 2.13. The number of likely N-dealkylation sites (N-methyl/N-ethyl adjacent to an activating group) is 1. The first-order chi connectivity index (χ1) is 8.65. The van der Waals surface area contributed by atoms with Crippen molar-refractivity contribution in [3.8, 4) is 11.5 Å². The van der Waals surface area contributed by atoms with Gasteiger partial charge in [-0.15, -0.1) is 0 Å². The zero-order valence-corrected chi connectivity index (χ0v) is 11.4. The van der Waals surface area contributed by atoms with Gasteiger partial charge in [0.15, 0.2) is 16.6 Å². The molecular formula is C12H18N3O2S+. The monoisotopic (exact) mass is 268 g/mol. The smallest absolute Gasteiger partial charge is 0.231 e. The third-order valence-corrected chi connectivity index (χ3v) is 2.79. The predicted octanol–water partition coefficient (Wildman–Crippen LogP) is -0.154. The highest BCUT2D eigenvalue weighted by molar-refractivity contribution is 7.80. The van der Waals surface area contributed by atoms with E-state index >= 15 is 0 Å². The zero-order valence-electron chi connectivity index (χ0n) is 10.6. The number of rotatable bonds is 4. The second-order valence-electron chi connectivity index (χ2n) is 4.41. The fourth-order valence-corrected chi connectivity index (χ4v) is 1.80. The molecule has 0 atom stereocenters. The summed E-state index contributed by atoms with van der Waals surface area (Å²) in [6, 6.07) is 5.67. The van der Waals surface area contributed by atoms with E-state index in [1.165, 1.54) is 4.90 Å². The molecule has 0 fully saturated rings. The van der Waals surface area contributed by atoms with Crippen molar-refractivity contribution in [2.75, 3.05) is 39.3 Å². The molecule has 1 aliphatic heterocycles. The Morgan fingerprint density at radius 1 is 1.33 bits per heavy atom. The largest absolute Gasteiger partial charge is 0.454 e. The minimum absolute atomic E-state index is 0.285. The number of quaternary nitrogens is 1. The first kappa shape index (κ1) is 12.9. The van der Waals surface area contributed by atoms with E-state index < -0.39 is 0 Å². The Kier molecular flexibility index (Phi) is 4.22. The van der Waals surface area contributed by atoms with Crippen LogP contribution in [0, 0.1) is 0 Å². The fourth-order valence-electron chi connectivity index (χ4n) is 1.58. The van der Waals surface area contributed by atoms with Crippen LogP contribution >= 0.6 is 12.2 Å². The summed E-state index contributed by atoms with van der Waals surface area (Å²) in [5, 5.41) is 6.90. The molecule has 5 nitrogen and oxygen atoms in total. The summed E-state index contributed by atoms with van der Waals surface area (Å²) in [4.78, 5) is 1.38. The molecular weight excluding hydrogens is 250 g/mol. The van der Waals surface area contributed by atoms with Gasteiger partial charge in [0.1, 0.15) is 0 Å². The molecule has 0 amide bonds. The Morgan fingerprint density at radius 2 is 2.11 bits per heavy atom. The van der Waals surface area contributed by atoms with Crippen molar-refractivity contribution in [3.05, 3.63) is 18.2 Å². The summed E-state index contributed by atoms with van der Waals surface area (Å²) in [6.45, 7) is 2.15. The maximum Gasteiger partial charge on any atom is 0.231 e. The Hall–Kier alpha value is -1.53. The molecule has 2 rings (SSSR count). The van der Waals surface area contributed by atoms with Gasteiger partial charge in [-0.3, -0.25) is 0 Å². The van der Waals surface area contributed by atoms with Crippen molar-refractivity contribution in [3.63, 3.8) is 0 Å². The van der Waals surface area contributed by atoms with Gasteiger partial charge in [0.2, 0.25) is 6.79 Å². The average Bonchev–Trinajstić information content (AvgIpc) is 2.75. The van der Waals surface area contributed by atoms with Crippen molar-refractivity contribution in [1.29, 1.82) is 0 Å². The van der Waals surface area contributed by atoms with Crippen molar-refractivity contribution in [1.82, 2.24) is 5.32 Å². The van der Waals surface area contributed by atoms with E-state index in [1.54, 1.807) is 0 Å². The standard InChI is InChI=1S/C12H17N3O2S/c1-15(2)6-5-13-12(18)14-9-3-4-10-11(7-9)17-8-16-10/h3-4,7H,5-6,8H2,1-2H3,(H2,13,14,18)/p+1. The van der Waals surface area contributed by atoms with E-state index in [2.05, 4.69) is 24.7 Å². The number of nitrogens with one attached hydrogen (secondary N) is 3. The second-order valence-corrected chi connectivity index (χ2v) is 4.81. The van der Waals surface area contributed by atoms with Crippen molar-refractivity contribution >= 4 is 23.0 Å². The molecule has 0 aromatic heterocycles. The topological polar surface area (TPSA) is 47.0 Å². The number of fused-ring (bicyclic) bond motifs is 1. The lowest BCUT2D eigenvalue weighted by atomic mass is 10.3. The van der Waals surface area contributed by atoms with E-state index in [-0.39, 0.29) is 6.79 Å². The van der Waals surface area contributed by atoms with Gasteiger partial charge in [0, 0.05) is 11.8 Å². The number of hydrogen-bond donors (Lipinski definition) is 3. The first-order valence-electron chi connectivity index (χ1n) is 5.88. The van der Waals surface area contributed by atoms with Crippen molar-refractivity contribution in [2.45, 2.75) is 0 Å². The number of ether oxygens (including phenoxy) is 2. The number of anilines is 1. The first-order valence-corrected chi connectivity index (χ1v) is 6.29. The molecule has 0 unspecified atom stereocenters. The Balaban J connectivity index is 1.84. The number of benzene rings is 1. The van der Waals surface area contributed by atoms with E-state index in [0.29, 0.717) is 5.11 Å². The van der Waals surface area contributed by atoms with E-state index in [1.807, 2.05) is 18.2 Å². The van der Waals surface area contributed by atoms with Crippen LogP contribution in [-0.4, -0.2) is 39.1 Å². The molecule has 0 bridgehead atoms. The van der Waals surface area contributed by atoms with Gasteiger partial charge in [-0.2, -0.15) is 0 Å². The predicted molar refractivity (Wildman–Crippen MR) is 74.5 cm³/mol. The number of thiocarbonyl (C=S) groups is 1. The molecule has 98 valence electrons.